The highest BCUT2D eigenvalue weighted by atomic mass is 32.2. The number of anilines is 1. The van der Waals surface area contributed by atoms with Crippen LogP contribution in [0.5, 0.6) is 0 Å². The van der Waals surface area contributed by atoms with Crippen LogP contribution in [-0.4, -0.2) is 35.2 Å². The molecule has 18 heavy (non-hydrogen) atoms. The maximum atomic E-state index is 11.8. The molecule has 1 heterocycles. The van der Waals surface area contributed by atoms with Crippen LogP contribution < -0.4 is 4.72 Å². The third-order valence-corrected chi connectivity index (χ3v) is 3.53. The quantitative estimate of drug-likeness (QED) is 0.845. The molecule has 100 valence electrons. The lowest BCUT2D eigenvalue weighted by Gasteiger charge is -2.18. The van der Waals surface area contributed by atoms with Crippen molar-refractivity contribution in [2.45, 2.75) is 20.8 Å². The van der Waals surface area contributed by atoms with Crippen molar-refractivity contribution < 1.29 is 18.3 Å². The Morgan fingerprint density at radius 3 is 2.39 bits per heavy atom. The second kappa shape index (κ2) is 4.89. The van der Waals surface area contributed by atoms with Crippen molar-refractivity contribution in [3.8, 4) is 0 Å². The average molecular weight is 273 g/mol. The predicted molar refractivity (Wildman–Crippen MR) is 65.9 cm³/mol. The molecule has 1 aromatic rings. The molecule has 8 heteroatoms. The van der Waals surface area contributed by atoms with Gasteiger partial charge in [-0.25, -0.2) is 23.2 Å². The molecule has 0 saturated heterocycles. The average Bonchev–Trinajstić information content (AvgIpc) is 2.13. The summed E-state index contributed by atoms with van der Waals surface area (Å²) in [4.78, 5) is 18.1. The van der Waals surface area contributed by atoms with Gasteiger partial charge >= 0.3 is 5.97 Å². The summed E-state index contributed by atoms with van der Waals surface area (Å²) in [6.07, 6.45) is 2.41. The first kappa shape index (κ1) is 14.4. The summed E-state index contributed by atoms with van der Waals surface area (Å²) in [5.74, 6) is -1.75. The Balaban J connectivity index is 3.02. The summed E-state index contributed by atoms with van der Waals surface area (Å²) in [5, 5.41) is 8.86. The number of carbonyl (C=O) groups is 1. The van der Waals surface area contributed by atoms with Crippen molar-refractivity contribution in [1.82, 2.24) is 9.97 Å². The van der Waals surface area contributed by atoms with Crippen molar-refractivity contribution in [2.75, 3.05) is 10.5 Å². The van der Waals surface area contributed by atoms with Crippen LogP contribution in [0.25, 0.3) is 0 Å². The standard InChI is InChI=1S/C10H15N3O4S/c1-10(2,3)6-18(16,17)13-8-7(9(14)15)11-4-5-12-8/h4-5H,6H2,1-3H3,(H,12,13)(H,14,15). The molecule has 0 amide bonds. The van der Waals surface area contributed by atoms with Gasteiger partial charge in [-0.1, -0.05) is 20.8 Å². The van der Waals surface area contributed by atoms with Crippen LogP contribution in [0, 0.1) is 5.41 Å². The van der Waals surface area contributed by atoms with Gasteiger partial charge in [0.2, 0.25) is 10.0 Å². The zero-order valence-electron chi connectivity index (χ0n) is 10.3. The zero-order chi connectivity index (χ0) is 14.0. The van der Waals surface area contributed by atoms with E-state index in [1.54, 1.807) is 20.8 Å². The Hall–Kier alpha value is -1.70. The first-order valence-corrected chi connectivity index (χ1v) is 6.81. The maximum Gasteiger partial charge on any atom is 0.358 e. The van der Waals surface area contributed by atoms with Crippen LogP contribution in [0.4, 0.5) is 5.82 Å². The SMILES string of the molecule is CC(C)(C)CS(=O)(=O)Nc1nccnc1C(=O)O. The van der Waals surface area contributed by atoms with Gasteiger partial charge in [-0.05, 0) is 5.41 Å². The van der Waals surface area contributed by atoms with Crippen LogP contribution in [0.3, 0.4) is 0 Å². The Bertz CT molecular complexity index is 548. The summed E-state index contributed by atoms with van der Waals surface area (Å²) >= 11 is 0. The lowest BCUT2D eigenvalue weighted by Crippen LogP contribution is -2.27. The molecule has 0 unspecified atom stereocenters. The number of hydrogen-bond acceptors (Lipinski definition) is 5. The van der Waals surface area contributed by atoms with Crippen LogP contribution >= 0.6 is 0 Å². The molecule has 0 aliphatic carbocycles. The summed E-state index contributed by atoms with van der Waals surface area (Å²) in [5.41, 5.74) is -0.868. The maximum absolute atomic E-state index is 11.8. The number of rotatable bonds is 4. The van der Waals surface area contributed by atoms with E-state index in [1.807, 2.05) is 0 Å². The second-order valence-corrected chi connectivity index (χ2v) is 6.70. The predicted octanol–water partition coefficient (Wildman–Crippen LogP) is 0.963. The molecule has 0 radical (unpaired) electrons. The fraction of sp³-hybridized carbons (Fsp3) is 0.500. The van der Waals surface area contributed by atoms with E-state index in [1.165, 1.54) is 12.4 Å². The number of aromatic carboxylic acids is 1. The smallest absolute Gasteiger partial charge is 0.358 e. The monoisotopic (exact) mass is 273 g/mol. The van der Waals surface area contributed by atoms with E-state index >= 15 is 0 Å². The van der Waals surface area contributed by atoms with Gasteiger partial charge < -0.3 is 5.11 Å². The number of aromatic nitrogens is 2. The summed E-state index contributed by atoms with van der Waals surface area (Å²) in [6.45, 7) is 5.29. The molecule has 0 aromatic carbocycles. The van der Waals surface area contributed by atoms with E-state index in [2.05, 4.69) is 14.7 Å². The third-order valence-electron chi connectivity index (χ3n) is 1.78. The zero-order valence-corrected chi connectivity index (χ0v) is 11.2. The molecule has 0 fully saturated rings. The molecule has 0 aliphatic rings. The Morgan fingerprint density at radius 1 is 1.33 bits per heavy atom. The molecule has 7 nitrogen and oxygen atoms in total. The minimum atomic E-state index is -3.66. The van der Waals surface area contributed by atoms with Gasteiger partial charge in [0.1, 0.15) is 0 Å². The molecular weight excluding hydrogens is 258 g/mol. The van der Waals surface area contributed by atoms with E-state index in [9.17, 15) is 13.2 Å². The fourth-order valence-corrected chi connectivity index (χ4v) is 2.98. The van der Waals surface area contributed by atoms with E-state index in [4.69, 9.17) is 5.11 Å². The topological polar surface area (TPSA) is 109 Å². The molecular formula is C10H15N3O4S. The Labute approximate surface area is 105 Å². The van der Waals surface area contributed by atoms with Gasteiger partial charge in [-0.3, -0.25) is 4.72 Å². The molecule has 0 bridgehead atoms. The number of nitrogens with zero attached hydrogens (tertiary/aromatic N) is 2. The molecule has 0 aliphatic heterocycles. The molecule has 1 rings (SSSR count). The highest BCUT2D eigenvalue weighted by Gasteiger charge is 2.24. The van der Waals surface area contributed by atoms with Crippen LogP contribution in [0.1, 0.15) is 31.3 Å². The van der Waals surface area contributed by atoms with E-state index in [-0.39, 0.29) is 11.6 Å². The van der Waals surface area contributed by atoms with Gasteiger partial charge in [-0.2, -0.15) is 0 Å². The normalized spacial score (nSPS) is 12.2. The minimum absolute atomic E-state index is 0.143. The van der Waals surface area contributed by atoms with E-state index < -0.39 is 27.1 Å². The minimum Gasteiger partial charge on any atom is -0.476 e. The lowest BCUT2D eigenvalue weighted by atomic mass is 10.0. The third kappa shape index (κ3) is 4.28. The first-order chi connectivity index (χ1) is 8.11. The first-order valence-electron chi connectivity index (χ1n) is 5.15. The van der Waals surface area contributed by atoms with Gasteiger partial charge in [0.15, 0.2) is 11.5 Å². The van der Waals surface area contributed by atoms with Gasteiger partial charge in [0.05, 0.1) is 5.75 Å². The van der Waals surface area contributed by atoms with Crippen LogP contribution in [0.15, 0.2) is 12.4 Å². The van der Waals surface area contributed by atoms with Gasteiger partial charge in [0.25, 0.3) is 0 Å². The summed E-state index contributed by atoms with van der Waals surface area (Å²) < 4.78 is 25.8. The number of carboxylic acids is 1. The Morgan fingerprint density at radius 2 is 1.89 bits per heavy atom. The summed E-state index contributed by atoms with van der Waals surface area (Å²) in [7, 11) is -3.66. The van der Waals surface area contributed by atoms with Gasteiger partial charge in [0, 0.05) is 12.4 Å². The van der Waals surface area contributed by atoms with E-state index in [0.29, 0.717) is 0 Å². The fourth-order valence-electron chi connectivity index (χ4n) is 1.32. The molecule has 1 aromatic heterocycles. The van der Waals surface area contributed by atoms with Crippen molar-refractivity contribution in [3.63, 3.8) is 0 Å². The number of sulfonamides is 1. The Kier molecular flexibility index (Phi) is 3.90. The van der Waals surface area contributed by atoms with Crippen LogP contribution in [-0.2, 0) is 10.0 Å². The van der Waals surface area contributed by atoms with Crippen molar-refractivity contribution in [3.05, 3.63) is 18.1 Å². The molecule has 0 saturated carbocycles. The number of hydrogen-bond donors (Lipinski definition) is 2. The molecule has 2 N–H and O–H groups in total. The van der Waals surface area contributed by atoms with Crippen LogP contribution in [0.2, 0.25) is 0 Å². The second-order valence-electron chi connectivity index (χ2n) is 4.98. The van der Waals surface area contributed by atoms with Gasteiger partial charge in [-0.15, -0.1) is 0 Å². The lowest BCUT2D eigenvalue weighted by molar-refractivity contribution is 0.0691. The van der Waals surface area contributed by atoms with E-state index in [0.717, 1.165) is 0 Å². The number of nitrogens with one attached hydrogen (secondary N) is 1. The van der Waals surface area contributed by atoms with Crippen molar-refractivity contribution >= 4 is 21.8 Å². The number of carboxylic acid groups (broad SMARTS) is 1. The van der Waals surface area contributed by atoms with Crippen molar-refractivity contribution in [1.29, 1.82) is 0 Å². The largest absolute Gasteiger partial charge is 0.476 e. The summed E-state index contributed by atoms with van der Waals surface area (Å²) in [6, 6.07) is 0. The highest BCUT2D eigenvalue weighted by molar-refractivity contribution is 7.92. The molecule has 0 spiro atoms. The molecule has 0 atom stereocenters. The van der Waals surface area contributed by atoms with Crippen molar-refractivity contribution in [2.24, 2.45) is 5.41 Å². The highest BCUT2D eigenvalue weighted by Crippen LogP contribution is 2.18.